The van der Waals surface area contributed by atoms with E-state index in [1.165, 1.54) is 18.9 Å². The number of aryl methyl sites for hydroxylation is 1. The number of thioether (sulfide) groups is 1. The first-order valence-electron chi connectivity index (χ1n) is 6.29. The quantitative estimate of drug-likeness (QED) is 0.744. The van der Waals surface area contributed by atoms with Gasteiger partial charge in [0, 0.05) is 0 Å². The number of ketones is 2. The Morgan fingerprint density at radius 3 is 2.50 bits per heavy atom. The van der Waals surface area contributed by atoms with E-state index < -0.39 is 0 Å². The van der Waals surface area contributed by atoms with Crippen LogP contribution in [0.2, 0.25) is 5.02 Å². The third-order valence-electron chi connectivity index (χ3n) is 3.01. The van der Waals surface area contributed by atoms with Gasteiger partial charge in [-0.15, -0.1) is 0 Å². The first-order chi connectivity index (χ1) is 10.5. The van der Waals surface area contributed by atoms with Crippen molar-refractivity contribution < 1.29 is 14.3 Å². The van der Waals surface area contributed by atoms with Crippen LogP contribution >= 0.6 is 23.4 Å². The van der Waals surface area contributed by atoms with Crippen molar-refractivity contribution in [2.45, 2.75) is 11.8 Å². The van der Waals surface area contributed by atoms with Gasteiger partial charge in [0.2, 0.25) is 0 Å². The molecule has 1 aliphatic rings. The second-order valence-electron chi connectivity index (χ2n) is 4.49. The van der Waals surface area contributed by atoms with Crippen molar-refractivity contribution in [3.8, 4) is 0 Å². The standard InChI is InChI=1S/C15H10ClNO3SSe/c1-7-17-10-11(18)13(20-2)14(12(19)15(10)22-7)21-9-5-3-8(16)4-6-9/h3-6H,1-2H3. The molecule has 7 heteroatoms. The Kier molecular flexibility index (Phi) is 4.28. The fourth-order valence-electron chi connectivity index (χ4n) is 2.05. The second-order valence-corrected chi connectivity index (χ2v) is 8.53. The van der Waals surface area contributed by atoms with Crippen molar-refractivity contribution >= 4 is 49.4 Å². The fraction of sp³-hybridized carbons (Fsp3) is 0.133. The van der Waals surface area contributed by atoms with Crippen LogP contribution in [0.1, 0.15) is 24.3 Å². The van der Waals surface area contributed by atoms with Crippen LogP contribution in [0.25, 0.3) is 0 Å². The van der Waals surface area contributed by atoms with E-state index in [0.717, 1.165) is 9.46 Å². The van der Waals surface area contributed by atoms with Crippen molar-refractivity contribution in [1.82, 2.24) is 4.98 Å². The van der Waals surface area contributed by atoms with Crippen LogP contribution < -0.4 is 0 Å². The Bertz CT molecular complexity index is 811. The normalized spacial score (nSPS) is 14.3. The summed E-state index contributed by atoms with van der Waals surface area (Å²) in [4.78, 5) is 30.5. The molecule has 0 saturated heterocycles. The predicted molar refractivity (Wildman–Crippen MR) is 85.9 cm³/mol. The maximum absolute atomic E-state index is 12.7. The SMILES string of the molecule is COC1=C(Sc2ccc(Cl)cc2)C(=O)c2[se]c(C)nc2C1=O. The summed E-state index contributed by atoms with van der Waals surface area (Å²) in [6, 6.07) is 7.08. The summed E-state index contributed by atoms with van der Waals surface area (Å²) in [6.45, 7) is 1.83. The van der Waals surface area contributed by atoms with E-state index in [2.05, 4.69) is 4.98 Å². The topological polar surface area (TPSA) is 56.3 Å². The van der Waals surface area contributed by atoms with Crippen LogP contribution in [0.5, 0.6) is 0 Å². The zero-order valence-electron chi connectivity index (χ0n) is 11.7. The van der Waals surface area contributed by atoms with Gasteiger partial charge in [0.15, 0.2) is 0 Å². The summed E-state index contributed by atoms with van der Waals surface area (Å²) in [5, 5.41) is 0.615. The molecule has 1 aromatic heterocycles. The number of ether oxygens (including phenoxy) is 1. The Morgan fingerprint density at radius 1 is 1.18 bits per heavy atom. The van der Waals surface area contributed by atoms with E-state index in [0.29, 0.717) is 14.4 Å². The third kappa shape index (κ3) is 2.68. The average molecular weight is 399 g/mol. The first-order valence-corrected chi connectivity index (χ1v) is 9.20. The first kappa shape index (κ1) is 15.6. The van der Waals surface area contributed by atoms with Crippen LogP contribution in [-0.2, 0) is 4.74 Å². The predicted octanol–water partition coefficient (Wildman–Crippen LogP) is 3.13. The molecule has 0 amide bonds. The molecule has 112 valence electrons. The number of nitrogens with zero attached hydrogens (tertiary/aromatic N) is 1. The van der Waals surface area contributed by atoms with Crippen LogP contribution in [0, 0.1) is 6.92 Å². The van der Waals surface area contributed by atoms with Crippen LogP contribution in [0.4, 0.5) is 0 Å². The van der Waals surface area contributed by atoms with Crippen molar-refractivity contribution in [3.05, 3.63) is 54.7 Å². The molecule has 0 radical (unpaired) electrons. The number of fused-ring (bicyclic) bond motifs is 1. The van der Waals surface area contributed by atoms with Crippen molar-refractivity contribution in [1.29, 1.82) is 0 Å². The Morgan fingerprint density at radius 2 is 1.86 bits per heavy atom. The molecule has 0 bridgehead atoms. The molecule has 0 atom stereocenters. The molecule has 0 N–H and O–H groups in total. The number of Topliss-reactive ketones (excluding diaryl/α,β-unsaturated/α-hetero) is 2. The van der Waals surface area contributed by atoms with Gasteiger partial charge in [0.25, 0.3) is 0 Å². The average Bonchev–Trinajstić information content (AvgIpc) is 2.89. The van der Waals surface area contributed by atoms with Gasteiger partial charge in [0.05, 0.1) is 0 Å². The minimum absolute atomic E-state index is 0.0675. The number of carbonyl (C=O) groups excluding carboxylic acids is 2. The van der Waals surface area contributed by atoms with E-state index in [1.807, 2.05) is 6.92 Å². The zero-order valence-corrected chi connectivity index (χ0v) is 15.0. The van der Waals surface area contributed by atoms with E-state index in [1.54, 1.807) is 24.3 Å². The van der Waals surface area contributed by atoms with Gasteiger partial charge in [-0.2, -0.15) is 0 Å². The summed E-state index contributed by atoms with van der Waals surface area (Å²) in [5.41, 5.74) is 0.250. The Balaban J connectivity index is 2.05. The molecule has 0 aliphatic heterocycles. The van der Waals surface area contributed by atoms with Crippen LogP contribution in [0.15, 0.2) is 39.8 Å². The van der Waals surface area contributed by atoms with Gasteiger partial charge < -0.3 is 0 Å². The molecule has 22 heavy (non-hydrogen) atoms. The van der Waals surface area contributed by atoms with Gasteiger partial charge in [-0.25, -0.2) is 0 Å². The zero-order chi connectivity index (χ0) is 15.9. The molecule has 0 saturated carbocycles. The van der Waals surface area contributed by atoms with E-state index >= 15 is 0 Å². The monoisotopic (exact) mass is 399 g/mol. The summed E-state index contributed by atoms with van der Waals surface area (Å²) >= 11 is 6.90. The Hall–Kier alpha value is -1.33. The van der Waals surface area contributed by atoms with Crippen LogP contribution in [0.3, 0.4) is 0 Å². The Labute approximate surface area is 142 Å². The number of methoxy groups -OCH3 is 1. The van der Waals surface area contributed by atoms with Gasteiger partial charge >= 0.3 is 142 Å². The number of rotatable bonds is 3. The summed E-state index contributed by atoms with van der Waals surface area (Å²) in [5.74, 6) is -0.405. The molecular formula is C15H10ClNO3SSe. The van der Waals surface area contributed by atoms with Crippen molar-refractivity contribution in [2.75, 3.05) is 7.11 Å². The molecule has 1 aliphatic carbocycles. The number of hydrogen-bond acceptors (Lipinski definition) is 5. The maximum atomic E-state index is 12.7. The molecule has 2 aromatic rings. The fourth-order valence-corrected chi connectivity index (χ4v) is 5.10. The van der Waals surface area contributed by atoms with E-state index in [-0.39, 0.29) is 37.5 Å². The number of allylic oxidation sites excluding steroid dienone is 2. The molecule has 3 rings (SSSR count). The number of benzene rings is 1. The summed E-state index contributed by atoms with van der Waals surface area (Å²) in [6.07, 6.45) is 0. The second kappa shape index (κ2) is 6.05. The number of halogens is 1. The van der Waals surface area contributed by atoms with Crippen molar-refractivity contribution in [3.63, 3.8) is 0 Å². The molecule has 1 aromatic carbocycles. The molecular weight excluding hydrogens is 389 g/mol. The summed E-state index contributed by atoms with van der Waals surface area (Å²) in [7, 11) is 1.39. The van der Waals surface area contributed by atoms with E-state index in [4.69, 9.17) is 16.3 Å². The molecule has 0 unspecified atom stereocenters. The van der Waals surface area contributed by atoms with E-state index in [9.17, 15) is 9.59 Å². The molecule has 4 nitrogen and oxygen atoms in total. The van der Waals surface area contributed by atoms with Crippen molar-refractivity contribution in [2.24, 2.45) is 0 Å². The summed E-state index contributed by atoms with van der Waals surface area (Å²) < 4.78 is 6.54. The van der Waals surface area contributed by atoms with Gasteiger partial charge in [0.1, 0.15) is 0 Å². The molecule has 0 spiro atoms. The number of hydrogen-bond donors (Lipinski definition) is 0. The van der Waals surface area contributed by atoms with Gasteiger partial charge in [-0.3, -0.25) is 0 Å². The molecule has 0 fully saturated rings. The van der Waals surface area contributed by atoms with Gasteiger partial charge in [-0.1, -0.05) is 0 Å². The molecule has 1 heterocycles. The van der Waals surface area contributed by atoms with Gasteiger partial charge in [-0.05, 0) is 0 Å². The number of aromatic nitrogens is 1. The minimum atomic E-state index is -0.313. The number of carbonyl (C=O) groups is 2. The van der Waals surface area contributed by atoms with Crippen LogP contribution in [-0.4, -0.2) is 38.2 Å². The third-order valence-corrected chi connectivity index (χ3v) is 6.38.